The van der Waals surface area contributed by atoms with Crippen molar-refractivity contribution in [2.45, 2.75) is 31.8 Å². The van der Waals surface area contributed by atoms with Crippen LogP contribution < -0.4 is 5.32 Å². The highest BCUT2D eigenvalue weighted by atomic mass is 32.2. The average Bonchev–Trinajstić information content (AvgIpc) is 2.83. The maximum absolute atomic E-state index is 10.8. The number of aryl methyl sites for hydroxylation is 2. The van der Waals surface area contributed by atoms with E-state index in [-0.39, 0.29) is 5.37 Å². The minimum absolute atomic E-state index is 0.0569. The molecule has 5 nitrogen and oxygen atoms in total. The number of aliphatic carboxylic acids is 1. The maximum atomic E-state index is 10.8. The third kappa shape index (κ3) is 2.08. The molecule has 2 heterocycles. The largest absolute Gasteiger partial charge is 0.480 e. The highest BCUT2D eigenvalue weighted by Gasteiger charge is 2.31. The number of aromatic nitrogens is 2. The molecule has 88 valence electrons. The van der Waals surface area contributed by atoms with E-state index in [1.54, 1.807) is 11.8 Å². The van der Waals surface area contributed by atoms with Crippen LogP contribution in [0.3, 0.4) is 0 Å². The standard InChI is InChI=1S/C10H15N3O2S/c1-3-13-4-7(6(2)12-13)9-11-8(5-16-9)10(14)15/h4,8-9,11H,3,5H2,1-2H3,(H,14,15)/t8-,9+/m1/s1. The van der Waals surface area contributed by atoms with Crippen LogP contribution in [0.25, 0.3) is 0 Å². The summed E-state index contributed by atoms with van der Waals surface area (Å²) in [5, 5.41) is 16.4. The first kappa shape index (κ1) is 11.5. The molecule has 6 heteroatoms. The fraction of sp³-hybridized carbons (Fsp3) is 0.600. The molecule has 1 aromatic rings. The van der Waals surface area contributed by atoms with Crippen LogP contribution in [0.15, 0.2) is 6.20 Å². The Labute approximate surface area is 98.2 Å². The summed E-state index contributed by atoms with van der Waals surface area (Å²) in [6.45, 7) is 4.82. The Morgan fingerprint density at radius 2 is 2.56 bits per heavy atom. The molecule has 0 saturated carbocycles. The molecule has 2 rings (SSSR count). The van der Waals surface area contributed by atoms with E-state index in [1.807, 2.05) is 24.7 Å². The van der Waals surface area contributed by atoms with Crippen molar-refractivity contribution in [2.24, 2.45) is 0 Å². The highest BCUT2D eigenvalue weighted by molar-refractivity contribution is 7.99. The number of rotatable bonds is 3. The van der Waals surface area contributed by atoms with Gasteiger partial charge in [-0.25, -0.2) is 0 Å². The fourth-order valence-electron chi connectivity index (χ4n) is 1.75. The predicted octanol–water partition coefficient (Wildman–Crippen LogP) is 1.000. The van der Waals surface area contributed by atoms with Gasteiger partial charge in [-0.3, -0.25) is 14.8 Å². The molecule has 0 bridgehead atoms. The van der Waals surface area contributed by atoms with Gasteiger partial charge in [0.15, 0.2) is 0 Å². The average molecular weight is 241 g/mol. The van der Waals surface area contributed by atoms with E-state index < -0.39 is 12.0 Å². The molecule has 1 aliphatic heterocycles. The molecule has 0 aliphatic carbocycles. The predicted molar refractivity (Wildman–Crippen MR) is 62.4 cm³/mol. The van der Waals surface area contributed by atoms with Crippen LogP contribution in [-0.2, 0) is 11.3 Å². The number of nitrogens with one attached hydrogen (secondary N) is 1. The summed E-state index contributed by atoms with van der Waals surface area (Å²) in [6, 6.07) is -0.445. The number of hydrogen-bond donors (Lipinski definition) is 2. The number of carboxylic acids is 1. The van der Waals surface area contributed by atoms with E-state index in [0.717, 1.165) is 17.8 Å². The lowest BCUT2D eigenvalue weighted by molar-refractivity contribution is -0.138. The zero-order valence-electron chi connectivity index (χ0n) is 9.30. The van der Waals surface area contributed by atoms with Gasteiger partial charge in [0, 0.05) is 24.1 Å². The summed E-state index contributed by atoms with van der Waals surface area (Å²) in [4.78, 5) is 10.8. The van der Waals surface area contributed by atoms with Gasteiger partial charge in [-0.1, -0.05) is 0 Å². The summed E-state index contributed by atoms with van der Waals surface area (Å²) in [5.41, 5.74) is 2.06. The van der Waals surface area contributed by atoms with Gasteiger partial charge in [0.1, 0.15) is 6.04 Å². The normalized spacial score (nSPS) is 24.9. The van der Waals surface area contributed by atoms with Crippen LogP contribution in [0.5, 0.6) is 0 Å². The molecule has 1 aliphatic rings. The van der Waals surface area contributed by atoms with E-state index >= 15 is 0 Å². The minimum atomic E-state index is -0.782. The van der Waals surface area contributed by atoms with Gasteiger partial charge in [-0.2, -0.15) is 5.10 Å². The van der Waals surface area contributed by atoms with E-state index in [0.29, 0.717) is 5.75 Å². The Balaban J connectivity index is 2.13. The summed E-state index contributed by atoms with van der Waals surface area (Å²) >= 11 is 1.62. The molecule has 2 N–H and O–H groups in total. The first-order chi connectivity index (χ1) is 7.61. The molecule has 16 heavy (non-hydrogen) atoms. The van der Waals surface area contributed by atoms with Crippen LogP contribution in [-0.4, -0.2) is 32.7 Å². The molecule has 1 saturated heterocycles. The smallest absolute Gasteiger partial charge is 0.321 e. The highest BCUT2D eigenvalue weighted by Crippen LogP contribution is 2.34. The Hall–Kier alpha value is -1.01. The molecule has 0 radical (unpaired) electrons. The Kier molecular flexibility index (Phi) is 3.20. The van der Waals surface area contributed by atoms with Crippen molar-refractivity contribution >= 4 is 17.7 Å². The lowest BCUT2D eigenvalue weighted by atomic mass is 10.2. The fourth-order valence-corrected chi connectivity index (χ4v) is 3.04. The number of carboxylic acid groups (broad SMARTS) is 1. The summed E-state index contributed by atoms with van der Waals surface area (Å²) < 4.78 is 1.88. The number of nitrogens with zero attached hydrogens (tertiary/aromatic N) is 2. The van der Waals surface area contributed by atoms with Crippen LogP contribution in [0.4, 0.5) is 0 Å². The van der Waals surface area contributed by atoms with Gasteiger partial charge in [-0.15, -0.1) is 11.8 Å². The Morgan fingerprint density at radius 3 is 3.06 bits per heavy atom. The van der Waals surface area contributed by atoms with Gasteiger partial charge >= 0.3 is 5.97 Å². The van der Waals surface area contributed by atoms with Crippen LogP contribution in [0, 0.1) is 6.92 Å². The zero-order valence-corrected chi connectivity index (χ0v) is 10.1. The van der Waals surface area contributed by atoms with E-state index in [4.69, 9.17) is 5.11 Å². The molecule has 1 fully saturated rings. The second-order valence-corrected chi connectivity index (χ2v) is 4.93. The molecule has 0 unspecified atom stereocenters. The molecular weight excluding hydrogens is 226 g/mol. The lowest BCUT2D eigenvalue weighted by Crippen LogP contribution is -2.33. The van der Waals surface area contributed by atoms with Crippen molar-refractivity contribution in [1.82, 2.24) is 15.1 Å². The SMILES string of the molecule is CCn1cc([C@H]2N[C@@H](C(=O)O)CS2)c(C)n1. The number of thioether (sulfide) groups is 1. The second kappa shape index (κ2) is 4.47. The zero-order chi connectivity index (χ0) is 11.7. The van der Waals surface area contributed by atoms with Gasteiger partial charge in [0.2, 0.25) is 0 Å². The number of carbonyl (C=O) groups is 1. The van der Waals surface area contributed by atoms with Gasteiger partial charge in [0.05, 0.1) is 11.1 Å². The van der Waals surface area contributed by atoms with Crippen molar-refractivity contribution in [3.05, 3.63) is 17.5 Å². The third-order valence-electron chi connectivity index (χ3n) is 2.67. The summed E-state index contributed by atoms with van der Waals surface area (Å²) in [7, 11) is 0. The van der Waals surface area contributed by atoms with Crippen LogP contribution in [0.1, 0.15) is 23.6 Å². The minimum Gasteiger partial charge on any atom is -0.480 e. The molecule has 2 atom stereocenters. The molecular formula is C10H15N3O2S. The van der Waals surface area contributed by atoms with E-state index in [2.05, 4.69) is 10.4 Å². The van der Waals surface area contributed by atoms with Crippen molar-refractivity contribution in [3.8, 4) is 0 Å². The van der Waals surface area contributed by atoms with E-state index in [1.165, 1.54) is 0 Å². The first-order valence-corrected chi connectivity index (χ1v) is 6.31. The quantitative estimate of drug-likeness (QED) is 0.826. The third-order valence-corrected chi connectivity index (χ3v) is 3.92. The van der Waals surface area contributed by atoms with Gasteiger partial charge < -0.3 is 5.11 Å². The van der Waals surface area contributed by atoms with Crippen LogP contribution in [0.2, 0.25) is 0 Å². The Morgan fingerprint density at radius 1 is 1.81 bits per heavy atom. The van der Waals surface area contributed by atoms with Crippen molar-refractivity contribution in [3.63, 3.8) is 0 Å². The Bertz CT molecular complexity index is 405. The molecule has 0 aromatic carbocycles. The number of hydrogen-bond acceptors (Lipinski definition) is 4. The van der Waals surface area contributed by atoms with Crippen LogP contribution >= 0.6 is 11.8 Å². The second-order valence-electron chi connectivity index (χ2n) is 3.80. The van der Waals surface area contributed by atoms with Gasteiger partial charge in [0.25, 0.3) is 0 Å². The van der Waals surface area contributed by atoms with E-state index in [9.17, 15) is 4.79 Å². The maximum Gasteiger partial charge on any atom is 0.321 e. The first-order valence-electron chi connectivity index (χ1n) is 5.26. The summed E-state index contributed by atoms with van der Waals surface area (Å²) in [6.07, 6.45) is 1.99. The van der Waals surface area contributed by atoms with Crippen molar-refractivity contribution in [1.29, 1.82) is 0 Å². The lowest BCUT2D eigenvalue weighted by Gasteiger charge is -2.09. The topological polar surface area (TPSA) is 67.2 Å². The summed E-state index contributed by atoms with van der Waals surface area (Å²) in [5.74, 6) is -0.174. The van der Waals surface area contributed by atoms with Crippen molar-refractivity contribution in [2.75, 3.05) is 5.75 Å². The molecule has 1 aromatic heterocycles. The van der Waals surface area contributed by atoms with Crippen molar-refractivity contribution < 1.29 is 9.90 Å². The monoisotopic (exact) mass is 241 g/mol. The van der Waals surface area contributed by atoms with Gasteiger partial charge in [-0.05, 0) is 13.8 Å². The molecule has 0 amide bonds. The molecule has 0 spiro atoms.